The lowest BCUT2D eigenvalue weighted by Crippen LogP contribution is -2.14. The number of benzene rings is 10. The molecular weight excluding hydrogens is 729 g/mol. The van der Waals surface area contributed by atoms with E-state index < -0.39 is 94.8 Å². The Morgan fingerprint density at radius 1 is 0.397 bits per heavy atom. The molecule has 0 unspecified atom stereocenters. The van der Waals surface area contributed by atoms with Gasteiger partial charge in [-0.15, -0.1) is 0 Å². The van der Waals surface area contributed by atoms with Gasteiger partial charge in [-0.25, -0.2) is 17.6 Å². The highest BCUT2D eigenvalue weighted by Crippen LogP contribution is 2.50. The summed E-state index contributed by atoms with van der Waals surface area (Å²) >= 11 is 0. The zero-order chi connectivity index (χ0) is 48.0. The minimum atomic E-state index is -1.08. The Morgan fingerprint density at radius 2 is 0.776 bits per heavy atom. The molecule has 0 heterocycles. The first-order chi connectivity index (χ1) is 32.6. The van der Waals surface area contributed by atoms with Gasteiger partial charge >= 0.3 is 0 Å². The summed E-state index contributed by atoms with van der Waals surface area (Å²) in [4.78, 5) is 3.02. The Labute approximate surface area is 346 Å². The van der Waals surface area contributed by atoms with Gasteiger partial charge in [-0.1, -0.05) is 133 Å². The van der Waals surface area contributed by atoms with Crippen LogP contribution in [0.15, 0.2) is 194 Å². The number of nitrogens with zero attached hydrogens (tertiary/aromatic N) is 2. The normalized spacial score (nSPS) is 13.9. The number of para-hydroxylation sites is 2. The lowest BCUT2D eigenvalue weighted by Gasteiger charge is -2.31. The molecule has 0 spiro atoms. The fourth-order valence-corrected chi connectivity index (χ4v) is 7.83. The van der Waals surface area contributed by atoms with Gasteiger partial charge in [-0.3, -0.25) is 0 Å². The number of halogens is 4. The first-order valence-electron chi connectivity index (χ1n) is 23.1. The lowest BCUT2D eigenvalue weighted by molar-refractivity contribution is 0.584. The van der Waals surface area contributed by atoms with Gasteiger partial charge in [0, 0.05) is 45.4 Å². The monoisotopic (exact) mass is 770 g/mol. The third kappa shape index (κ3) is 5.89. The van der Waals surface area contributed by atoms with Gasteiger partial charge < -0.3 is 9.80 Å². The summed E-state index contributed by atoms with van der Waals surface area (Å²) in [7, 11) is 0. The van der Waals surface area contributed by atoms with Crippen molar-refractivity contribution < 1.29 is 31.3 Å². The summed E-state index contributed by atoms with van der Waals surface area (Å²) in [6, 6.07) is 28.0. The number of hydrogen-bond acceptors (Lipinski definition) is 2. The van der Waals surface area contributed by atoms with Gasteiger partial charge in [-0.2, -0.15) is 0 Å². The Kier molecular flexibility index (Phi) is 6.31. The maximum absolute atomic E-state index is 16.9. The molecule has 0 saturated heterocycles. The zero-order valence-corrected chi connectivity index (χ0v) is 30.1. The van der Waals surface area contributed by atoms with Crippen LogP contribution in [0.1, 0.15) is 13.7 Å². The topological polar surface area (TPSA) is 6.48 Å². The van der Waals surface area contributed by atoms with Crippen LogP contribution >= 0.6 is 0 Å². The van der Waals surface area contributed by atoms with Gasteiger partial charge in [0.05, 0.1) is 36.5 Å². The molecule has 10 rings (SSSR count). The summed E-state index contributed by atoms with van der Waals surface area (Å²) in [6.07, 6.45) is 0. The van der Waals surface area contributed by atoms with Crippen LogP contribution in [0.5, 0.6) is 0 Å². The van der Waals surface area contributed by atoms with E-state index in [-0.39, 0.29) is 22.5 Å². The van der Waals surface area contributed by atoms with Gasteiger partial charge in [0.2, 0.25) is 0 Å². The van der Waals surface area contributed by atoms with E-state index in [2.05, 4.69) is 0 Å². The molecule has 0 aliphatic carbocycles. The van der Waals surface area contributed by atoms with E-state index in [1.54, 1.807) is 84.9 Å². The summed E-state index contributed by atoms with van der Waals surface area (Å²) < 4.78 is 150. The van der Waals surface area contributed by atoms with E-state index in [1.165, 1.54) is 9.80 Å². The van der Waals surface area contributed by atoms with Gasteiger partial charge in [0.15, 0.2) is 11.6 Å². The second-order valence-corrected chi connectivity index (χ2v) is 13.5. The van der Waals surface area contributed by atoms with E-state index in [1.807, 2.05) is 24.3 Å². The van der Waals surface area contributed by atoms with Crippen LogP contribution in [-0.4, -0.2) is 0 Å². The van der Waals surface area contributed by atoms with Crippen molar-refractivity contribution in [2.45, 2.75) is 0 Å². The molecule has 0 bridgehead atoms. The second-order valence-electron chi connectivity index (χ2n) is 13.5. The Balaban J connectivity index is 1.28. The van der Waals surface area contributed by atoms with Crippen molar-refractivity contribution in [3.8, 4) is 22.3 Å². The van der Waals surface area contributed by atoms with Crippen LogP contribution in [0, 0.1) is 23.3 Å². The van der Waals surface area contributed by atoms with Gasteiger partial charge in [-0.05, 0) is 81.2 Å². The summed E-state index contributed by atoms with van der Waals surface area (Å²) in [6.45, 7) is 0. The maximum Gasteiger partial charge on any atom is 0.150 e. The fourth-order valence-electron chi connectivity index (χ4n) is 7.83. The molecule has 0 radical (unpaired) electrons. The van der Waals surface area contributed by atoms with Gasteiger partial charge in [0.25, 0.3) is 0 Å². The number of hydrogen-bond donors (Lipinski definition) is 0. The molecule has 0 saturated carbocycles. The summed E-state index contributed by atoms with van der Waals surface area (Å²) in [5.41, 5.74) is -0.546. The van der Waals surface area contributed by atoms with Crippen molar-refractivity contribution in [1.29, 1.82) is 0 Å². The maximum atomic E-state index is 16.9. The first-order valence-corrected chi connectivity index (χ1v) is 18.1. The van der Waals surface area contributed by atoms with Crippen LogP contribution in [0.2, 0.25) is 0 Å². The third-order valence-electron chi connectivity index (χ3n) is 10.2. The average molecular weight is 771 g/mol. The molecule has 0 amide bonds. The predicted molar refractivity (Wildman–Crippen MR) is 230 cm³/mol. The largest absolute Gasteiger partial charge is 0.307 e. The summed E-state index contributed by atoms with van der Waals surface area (Å²) in [5.74, 6) is -4.25. The lowest BCUT2D eigenvalue weighted by atomic mass is 9.91. The smallest absolute Gasteiger partial charge is 0.150 e. The first kappa shape index (κ1) is 25.7. The highest BCUT2D eigenvalue weighted by molar-refractivity contribution is 6.28. The van der Waals surface area contributed by atoms with Crippen LogP contribution in [0.4, 0.5) is 51.7 Å². The Bertz CT molecular complexity index is 3410. The molecule has 0 atom stereocenters. The second kappa shape index (κ2) is 14.3. The van der Waals surface area contributed by atoms with Crippen molar-refractivity contribution in [3.05, 3.63) is 217 Å². The number of anilines is 6. The van der Waals surface area contributed by atoms with Crippen molar-refractivity contribution in [3.63, 3.8) is 0 Å². The van der Waals surface area contributed by atoms with E-state index in [9.17, 15) is 0 Å². The minimum Gasteiger partial charge on any atom is -0.307 e. The highest BCUT2D eigenvalue weighted by Gasteiger charge is 2.27. The molecule has 0 aliphatic rings. The Morgan fingerprint density at radius 3 is 1.17 bits per heavy atom. The molecular formula is C52H32F4N2. The fraction of sp³-hybridized carbons (Fsp3) is 0. The zero-order valence-electron chi connectivity index (χ0n) is 40.1. The molecule has 0 aromatic heterocycles. The highest BCUT2D eigenvalue weighted by atomic mass is 19.1. The van der Waals surface area contributed by atoms with E-state index in [0.29, 0.717) is 56.4 Å². The van der Waals surface area contributed by atoms with Crippen LogP contribution in [-0.2, 0) is 0 Å². The molecule has 10 aromatic rings. The predicted octanol–water partition coefficient (Wildman–Crippen LogP) is 15.4. The van der Waals surface area contributed by atoms with E-state index in [4.69, 9.17) is 13.7 Å². The molecule has 0 fully saturated rings. The van der Waals surface area contributed by atoms with Crippen LogP contribution < -0.4 is 9.80 Å². The number of rotatable bonds is 8. The quantitative estimate of drug-likeness (QED) is 0.112. The Hall–Kier alpha value is -7.44. The summed E-state index contributed by atoms with van der Waals surface area (Å²) in [5, 5.41) is 3.80. The molecule has 2 nitrogen and oxygen atoms in total. The van der Waals surface area contributed by atoms with Crippen molar-refractivity contribution in [1.82, 2.24) is 0 Å². The molecule has 58 heavy (non-hydrogen) atoms. The van der Waals surface area contributed by atoms with Crippen LogP contribution in [0.25, 0.3) is 54.6 Å². The average Bonchev–Trinajstić information content (AvgIpc) is 3.33. The van der Waals surface area contributed by atoms with Crippen molar-refractivity contribution >= 4 is 66.4 Å². The minimum absolute atomic E-state index is 0.297. The van der Waals surface area contributed by atoms with Crippen LogP contribution in [0.3, 0.4) is 0 Å². The van der Waals surface area contributed by atoms with E-state index >= 15 is 17.6 Å². The van der Waals surface area contributed by atoms with Gasteiger partial charge in [0.1, 0.15) is 11.6 Å². The van der Waals surface area contributed by atoms with Crippen molar-refractivity contribution in [2.75, 3.05) is 9.80 Å². The molecule has 0 N–H and O–H groups in total. The molecule has 0 aliphatic heterocycles. The van der Waals surface area contributed by atoms with E-state index in [0.717, 1.165) is 22.9 Å². The molecule has 10 aromatic carbocycles. The molecule has 278 valence electrons. The molecule has 6 heteroatoms. The SMILES string of the molecule is [2H]c1c([2H])c([2H])c(-c2cc(F)cc(F)c2N(c2ccccc2)c2ccc3ccc4c(N(c5ccccc5)c5c(F)cc(F)cc5-c5c([2H])c([2H])c([2H])c([2H])c5[2H])ccc5ccc2c3c54)c([2H])c1[2H]. The third-order valence-corrected chi connectivity index (χ3v) is 10.2. The standard InChI is InChI=1S/C52H32F4N2/c53-37-29-43(33-13-5-1-6-14-33)51(45(55)31-37)57(39-17-9-3-10-18-39)47-27-23-35-22-26-42-48(28-24-36-21-25-41(47)49(35)50(36)42)58(40-19-11-4-12-20-40)52-44(30-38(54)32-46(52)56)34-15-7-2-8-16-34/h1-32H/i1D,2D,5D,6D,7D,8D,13D,14D,15D,16D. The van der Waals surface area contributed by atoms with Crippen molar-refractivity contribution in [2.24, 2.45) is 0 Å².